The number of nitrogens with one attached hydrogen (secondary N) is 2. The number of aryl methyl sites for hydroxylation is 1. The van der Waals surface area contributed by atoms with Gasteiger partial charge in [-0.3, -0.25) is 4.79 Å². The molecule has 0 aromatic heterocycles. The summed E-state index contributed by atoms with van der Waals surface area (Å²) < 4.78 is 26.7. The minimum Gasteiger partial charge on any atom is -0.301 e. The Morgan fingerprint density at radius 1 is 1.09 bits per heavy atom. The fourth-order valence-electron chi connectivity index (χ4n) is 2.62. The second-order valence-electron chi connectivity index (χ2n) is 5.69. The number of benzene rings is 2. The molecule has 0 fully saturated rings. The average molecular weight is 330 g/mol. The average Bonchev–Trinajstić information content (AvgIpc) is 2.54. The standard InChI is InChI=1S/C17H18N2O3S/c1-12-6-8-15(9-7-12)23(21,22)19-17(20)16-10-13-4-2-3-5-14(13)11-18-16/h2-9,16,18H,10-11H2,1H3,(H,19,20). The van der Waals surface area contributed by atoms with Gasteiger partial charge in [-0.15, -0.1) is 0 Å². The van der Waals surface area contributed by atoms with Gasteiger partial charge in [0, 0.05) is 6.54 Å². The maximum Gasteiger partial charge on any atom is 0.264 e. The molecule has 120 valence electrons. The number of carbonyl (C=O) groups excluding carboxylic acids is 1. The molecule has 5 nitrogen and oxygen atoms in total. The van der Waals surface area contributed by atoms with Crippen LogP contribution >= 0.6 is 0 Å². The SMILES string of the molecule is Cc1ccc(S(=O)(=O)NC(=O)C2Cc3ccccc3CN2)cc1. The Morgan fingerprint density at radius 2 is 1.74 bits per heavy atom. The molecule has 1 unspecified atom stereocenters. The molecule has 2 aromatic carbocycles. The van der Waals surface area contributed by atoms with Crippen molar-refractivity contribution in [3.8, 4) is 0 Å². The van der Waals surface area contributed by atoms with Crippen LogP contribution in [0.15, 0.2) is 53.4 Å². The fourth-order valence-corrected chi connectivity index (χ4v) is 3.64. The van der Waals surface area contributed by atoms with E-state index >= 15 is 0 Å². The molecule has 0 saturated carbocycles. The Bertz CT molecular complexity index is 829. The maximum atomic E-state index is 12.3. The number of hydrogen-bond acceptors (Lipinski definition) is 4. The summed E-state index contributed by atoms with van der Waals surface area (Å²) in [6.07, 6.45) is 0.478. The van der Waals surface area contributed by atoms with Gasteiger partial charge in [0.05, 0.1) is 10.9 Å². The molecule has 2 N–H and O–H groups in total. The summed E-state index contributed by atoms with van der Waals surface area (Å²) >= 11 is 0. The lowest BCUT2D eigenvalue weighted by Crippen LogP contribution is -2.49. The zero-order valence-electron chi connectivity index (χ0n) is 12.7. The lowest BCUT2D eigenvalue weighted by atomic mass is 9.96. The van der Waals surface area contributed by atoms with Crippen molar-refractivity contribution in [1.82, 2.24) is 10.0 Å². The molecule has 0 saturated heterocycles. The monoisotopic (exact) mass is 330 g/mol. The molecule has 0 radical (unpaired) electrons. The summed E-state index contributed by atoms with van der Waals surface area (Å²) in [6.45, 7) is 2.43. The van der Waals surface area contributed by atoms with E-state index in [2.05, 4.69) is 10.0 Å². The van der Waals surface area contributed by atoms with Gasteiger partial charge < -0.3 is 5.32 Å². The number of carbonyl (C=O) groups is 1. The van der Waals surface area contributed by atoms with Gasteiger partial charge in [0.15, 0.2) is 0 Å². The molecule has 1 atom stereocenters. The van der Waals surface area contributed by atoms with Gasteiger partial charge in [-0.25, -0.2) is 13.1 Å². The summed E-state index contributed by atoms with van der Waals surface area (Å²) in [5.74, 6) is -0.528. The Morgan fingerprint density at radius 3 is 2.43 bits per heavy atom. The summed E-state index contributed by atoms with van der Waals surface area (Å²) in [6, 6.07) is 13.7. The van der Waals surface area contributed by atoms with E-state index in [0.717, 1.165) is 16.7 Å². The van der Waals surface area contributed by atoms with E-state index in [0.29, 0.717) is 13.0 Å². The smallest absolute Gasteiger partial charge is 0.264 e. The Hall–Kier alpha value is -2.18. The molecule has 2 aromatic rings. The topological polar surface area (TPSA) is 75.3 Å². The molecule has 1 aliphatic rings. The molecule has 0 spiro atoms. The van der Waals surface area contributed by atoms with Gasteiger partial charge in [0.25, 0.3) is 15.9 Å². The number of rotatable bonds is 3. The van der Waals surface area contributed by atoms with E-state index in [1.54, 1.807) is 12.1 Å². The van der Waals surface area contributed by atoms with Crippen molar-refractivity contribution in [2.24, 2.45) is 0 Å². The highest BCUT2D eigenvalue weighted by molar-refractivity contribution is 7.90. The first-order valence-electron chi connectivity index (χ1n) is 7.39. The van der Waals surface area contributed by atoms with Crippen LogP contribution in [0.3, 0.4) is 0 Å². The molecule has 0 bridgehead atoms. The largest absolute Gasteiger partial charge is 0.301 e. The van der Waals surface area contributed by atoms with Crippen molar-refractivity contribution >= 4 is 15.9 Å². The third-order valence-corrected chi connectivity index (χ3v) is 5.33. The van der Waals surface area contributed by atoms with Crippen LogP contribution in [0.25, 0.3) is 0 Å². The lowest BCUT2D eigenvalue weighted by molar-refractivity contribution is -0.121. The molecule has 3 rings (SSSR count). The van der Waals surface area contributed by atoms with Crippen molar-refractivity contribution in [3.05, 3.63) is 65.2 Å². The van der Waals surface area contributed by atoms with E-state index in [-0.39, 0.29) is 4.90 Å². The van der Waals surface area contributed by atoms with Gasteiger partial charge >= 0.3 is 0 Å². The molecular weight excluding hydrogens is 312 g/mol. The van der Waals surface area contributed by atoms with Crippen LogP contribution in [0.4, 0.5) is 0 Å². The summed E-state index contributed by atoms with van der Waals surface area (Å²) in [5, 5.41) is 3.08. The van der Waals surface area contributed by atoms with E-state index in [4.69, 9.17) is 0 Å². The van der Waals surface area contributed by atoms with Crippen LogP contribution < -0.4 is 10.0 Å². The van der Waals surface area contributed by atoms with Crippen molar-refractivity contribution in [2.45, 2.75) is 30.8 Å². The summed E-state index contributed by atoms with van der Waals surface area (Å²) in [4.78, 5) is 12.4. The highest BCUT2D eigenvalue weighted by atomic mass is 32.2. The van der Waals surface area contributed by atoms with Crippen LogP contribution in [-0.4, -0.2) is 20.4 Å². The highest BCUT2D eigenvalue weighted by Crippen LogP contribution is 2.17. The lowest BCUT2D eigenvalue weighted by Gasteiger charge is -2.25. The predicted molar refractivity (Wildman–Crippen MR) is 87.3 cm³/mol. The number of amides is 1. The maximum absolute atomic E-state index is 12.3. The molecule has 23 heavy (non-hydrogen) atoms. The van der Waals surface area contributed by atoms with Crippen LogP contribution in [0.1, 0.15) is 16.7 Å². The van der Waals surface area contributed by atoms with E-state index in [1.165, 1.54) is 12.1 Å². The zero-order chi connectivity index (χ0) is 16.4. The van der Waals surface area contributed by atoms with E-state index < -0.39 is 22.0 Å². The Kier molecular flexibility index (Phi) is 4.19. The Labute approximate surface area is 135 Å². The zero-order valence-corrected chi connectivity index (χ0v) is 13.6. The van der Waals surface area contributed by atoms with Crippen molar-refractivity contribution in [3.63, 3.8) is 0 Å². The third kappa shape index (κ3) is 3.43. The van der Waals surface area contributed by atoms with Gasteiger partial charge in [0.2, 0.25) is 0 Å². The first-order chi connectivity index (χ1) is 11.0. The van der Waals surface area contributed by atoms with Crippen LogP contribution in [0.2, 0.25) is 0 Å². The highest BCUT2D eigenvalue weighted by Gasteiger charge is 2.27. The molecule has 0 aliphatic carbocycles. The van der Waals surface area contributed by atoms with E-state index in [9.17, 15) is 13.2 Å². The minimum absolute atomic E-state index is 0.0904. The normalized spacial score (nSPS) is 17.3. The third-order valence-electron chi connectivity index (χ3n) is 3.96. The quantitative estimate of drug-likeness (QED) is 0.895. The second-order valence-corrected chi connectivity index (χ2v) is 7.37. The molecule has 1 aliphatic heterocycles. The van der Waals surface area contributed by atoms with Crippen LogP contribution in [0.5, 0.6) is 0 Å². The summed E-state index contributed by atoms with van der Waals surface area (Å²) in [7, 11) is -3.84. The van der Waals surface area contributed by atoms with Crippen LogP contribution in [0, 0.1) is 6.92 Å². The van der Waals surface area contributed by atoms with Gasteiger partial charge in [-0.1, -0.05) is 42.0 Å². The molecule has 1 heterocycles. The Balaban J connectivity index is 1.73. The van der Waals surface area contributed by atoms with Gasteiger partial charge in [0.1, 0.15) is 0 Å². The predicted octanol–water partition coefficient (Wildman–Crippen LogP) is 1.51. The number of hydrogen-bond donors (Lipinski definition) is 2. The first-order valence-corrected chi connectivity index (χ1v) is 8.87. The second kappa shape index (κ2) is 6.14. The molecule has 6 heteroatoms. The van der Waals surface area contributed by atoms with Crippen molar-refractivity contribution < 1.29 is 13.2 Å². The molecule has 1 amide bonds. The number of fused-ring (bicyclic) bond motifs is 1. The van der Waals surface area contributed by atoms with Gasteiger partial charge in [-0.2, -0.15) is 0 Å². The minimum atomic E-state index is -3.84. The van der Waals surface area contributed by atoms with Crippen molar-refractivity contribution in [2.75, 3.05) is 0 Å². The number of sulfonamides is 1. The van der Waals surface area contributed by atoms with Crippen LogP contribution in [-0.2, 0) is 27.8 Å². The van der Waals surface area contributed by atoms with Crippen molar-refractivity contribution in [1.29, 1.82) is 0 Å². The first kappa shape index (κ1) is 15.7. The summed E-state index contributed by atoms with van der Waals surface area (Å²) in [5.41, 5.74) is 3.16. The molecular formula is C17H18N2O3S. The van der Waals surface area contributed by atoms with E-state index in [1.807, 2.05) is 31.2 Å². The fraction of sp³-hybridized carbons (Fsp3) is 0.235. The van der Waals surface area contributed by atoms with Gasteiger partial charge in [-0.05, 0) is 36.6 Å².